The van der Waals surface area contributed by atoms with Gasteiger partial charge < -0.3 is 10.6 Å². The third-order valence-corrected chi connectivity index (χ3v) is 4.30. The summed E-state index contributed by atoms with van der Waals surface area (Å²) in [7, 11) is 0. The quantitative estimate of drug-likeness (QED) is 0.904. The Hall–Kier alpha value is -0.540. The Labute approximate surface area is 112 Å². The van der Waals surface area contributed by atoms with Crippen LogP contribution in [0.4, 0.5) is 5.69 Å². The lowest BCUT2D eigenvalue weighted by molar-refractivity contribution is 0.494. The van der Waals surface area contributed by atoms with E-state index in [4.69, 9.17) is 5.73 Å². The number of nitrogens with zero attached hydrogens (tertiary/aromatic N) is 1. The van der Waals surface area contributed by atoms with Crippen molar-refractivity contribution in [3.8, 4) is 0 Å². The Bertz CT molecular complexity index is 393. The fourth-order valence-electron chi connectivity index (χ4n) is 2.50. The van der Waals surface area contributed by atoms with Gasteiger partial charge in [0.15, 0.2) is 0 Å². The lowest BCUT2D eigenvalue weighted by Crippen LogP contribution is -2.22. The average molecular weight is 297 g/mol. The number of rotatable bonds is 2. The average Bonchev–Trinajstić information content (AvgIpc) is 2.59. The van der Waals surface area contributed by atoms with Crippen molar-refractivity contribution in [3.05, 3.63) is 28.2 Å². The molecule has 0 spiro atoms. The number of benzene rings is 1. The van der Waals surface area contributed by atoms with Crippen molar-refractivity contribution in [3.63, 3.8) is 0 Å². The second kappa shape index (κ2) is 4.99. The van der Waals surface area contributed by atoms with E-state index >= 15 is 0 Å². The zero-order valence-corrected chi connectivity index (χ0v) is 12.4. The van der Waals surface area contributed by atoms with Crippen molar-refractivity contribution < 1.29 is 0 Å². The van der Waals surface area contributed by atoms with Gasteiger partial charge in [-0.05, 0) is 42.5 Å². The highest BCUT2D eigenvalue weighted by Gasteiger charge is 2.27. The summed E-state index contributed by atoms with van der Waals surface area (Å²) >= 11 is 3.52. The molecule has 0 radical (unpaired) electrons. The highest BCUT2D eigenvalue weighted by molar-refractivity contribution is 9.10. The number of nitrogens with two attached hydrogens (primary N) is 1. The molecule has 17 heavy (non-hydrogen) atoms. The van der Waals surface area contributed by atoms with Crippen LogP contribution in [0.1, 0.15) is 32.4 Å². The molecular weight excluding hydrogens is 276 g/mol. The summed E-state index contributed by atoms with van der Waals surface area (Å²) in [5.74, 6) is 1.53. The Balaban J connectivity index is 2.32. The summed E-state index contributed by atoms with van der Waals surface area (Å²) in [6.45, 7) is 8.99. The van der Waals surface area contributed by atoms with E-state index in [0.29, 0.717) is 0 Å². The molecule has 1 heterocycles. The molecule has 2 rings (SSSR count). The fourth-order valence-corrected chi connectivity index (χ4v) is 2.88. The van der Waals surface area contributed by atoms with Gasteiger partial charge in [0.05, 0.1) is 0 Å². The summed E-state index contributed by atoms with van der Waals surface area (Å²) in [6.07, 6.45) is 0. The SMILES string of the molecule is CC(N)c1cc(Br)ccc1N1CC(C)C(C)C1. The molecule has 0 aromatic heterocycles. The zero-order valence-electron chi connectivity index (χ0n) is 10.8. The topological polar surface area (TPSA) is 29.3 Å². The van der Waals surface area contributed by atoms with E-state index in [2.05, 4.69) is 52.9 Å². The predicted molar refractivity (Wildman–Crippen MR) is 77.3 cm³/mol. The standard InChI is InChI=1S/C14H21BrN2/c1-9-7-17(8-10(9)2)14-5-4-12(15)6-13(14)11(3)16/h4-6,9-11H,7-8,16H2,1-3H3. The molecule has 0 aliphatic carbocycles. The van der Waals surface area contributed by atoms with E-state index in [-0.39, 0.29) is 6.04 Å². The van der Waals surface area contributed by atoms with Crippen LogP contribution in [0.15, 0.2) is 22.7 Å². The monoisotopic (exact) mass is 296 g/mol. The van der Waals surface area contributed by atoms with Gasteiger partial charge in [-0.15, -0.1) is 0 Å². The van der Waals surface area contributed by atoms with Crippen molar-refractivity contribution in [1.29, 1.82) is 0 Å². The van der Waals surface area contributed by atoms with Crippen molar-refractivity contribution in [1.82, 2.24) is 0 Å². The minimum Gasteiger partial charge on any atom is -0.371 e. The van der Waals surface area contributed by atoms with Crippen LogP contribution in [0.25, 0.3) is 0 Å². The van der Waals surface area contributed by atoms with Crippen molar-refractivity contribution in [2.75, 3.05) is 18.0 Å². The second-order valence-corrected chi connectivity index (χ2v) is 6.27. The van der Waals surface area contributed by atoms with Crippen LogP contribution < -0.4 is 10.6 Å². The molecule has 1 fully saturated rings. The van der Waals surface area contributed by atoms with Crippen LogP contribution in [0.5, 0.6) is 0 Å². The molecular formula is C14H21BrN2. The fraction of sp³-hybridized carbons (Fsp3) is 0.571. The van der Waals surface area contributed by atoms with E-state index in [9.17, 15) is 0 Å². The van der Waals surface area contributed by atoms with Gasteiger partial charge in [-0.25, -0.2) is 0 Å². The minimum atomic E-state index is 0.0775. The maximum atomic E-state index is 6.07. The number of hydrogen-bond acceptors (Lipinski definition) is 2. The summed E-state index contributed by atoms with van der Waals surface area (Å²) < 4.78 is 1.11. The summed E-state index contributed by atoms with van der Waals surface area (Å²) in [5, 5.41) is 0. The first kappa shape index (κ1) is 12.9. The van der Waals surface area contributed by atoms with E-state index in [0.717, 1.165) is 29.4 Å². The van der Waals surface area contributed by atoms with E-state index in [1.54, 1.807) is 0 Å². The normalized spacial score (nSPS) is 26.3. The summed E-state index contributed by atoms with van der Waals surface area (Å²) in [6, 6.07) is 6.52. The second-order valence-electron chi connectivity index (χ2n) is 5.35. The van der Waals surface area contributed by atoms with Crippen LogP contribution >= 0.6 is 15.9 Å². The summed E-state index contributed by atoms with van der Waals surface area (Å²) in [4.78, 5) is 2.47. The van der Waals surface area contributed by atoms with Gasteiger partial charge in [0.1, 0.15) is 0 Å². The highest BCUT2D eigenvalue weighted by Crippen LogP contribution is 2.33. The van der Waals surface area contributed by atoms with Gasteiger partial charge in [-0.2, -0.15) is 0 Å². The third kappa shape index (κ3) is 2.66. The molecule has 1 saturated heterocycles. The lowest BCUT2D eigenvalue weighted by Gasteiger charge is -2.24. The van der Waals surface area contributed by atoms with Crippen molar-refractivity contribution in [2.24, 2.45) is 17.6 Å². The maximum Gasteiger partial charge on any atom is 0.0415 e. The smallest absolute Gasteiger partial charge is 0.0415 e. The van der Waals surface area contributed by atoms with Crippen LogP contribution in [-0.4, -0.2) is 13.1 Å². The molecule has 3 atom stereocenters. The van der Waals surface area contributed by atoms with Crippen LogP contribution in [0.2, 0.25) is 0 Å². The Morgan fingerprint density at radius 3 is 2.41 bits per heavy atom. The van der Waals surface area contributed by atoms with Gasteiger partial charge in [-0.1, -0.05) is 29.8 Å². The van der Waals surface area contributed by atoms with Crippen molar-refractivity contribution in [2.45, 2.75) is 26.8 Å². The predicted octanol–water partition coefficient (Wildman–Crippen LogP) is 3.56. The molecule has 3 unspecified atom stereocenters. The molecule has 1 aliphatic heterocycles. The largest absolute Gasteiger partial charge is 0.371 e. The number of halogens is 1. The first-order valence-electron chi connectivity index (χ1n) is 6.29. The van der Waals surface area contributed by atoms with E-state index in [1.807, 2.05) is 6.92 Å². The Morgan fingerprint density at radius 2 is 1.88 bits per heavy atom. The number of anilines is 1. The molecule has 94 valence electrons. The molecule has 1 aliphatic rings. The third-order valence-electron chi connectivity index (χ3n) is 3.81. The van der Waals surface area contributed by atoms with Gasteiger partial charge in [-0.3, -0.25) is 0 Å². The minimum absolute atomic E-state index is 0.0775. The Kier molecular flexibility index (Phi) is 3.79. The molecule has 2 nitrogen and oxygen atoms in total. The van der Waals surface area contributed by atoms with Crippen LogP contribution in [0, 0.1) is 11.8 Å². The van der Waals surface area contributed by atoms with Crippen LogP contribution in [0.3, 0.4) is 0 Å². The molecule has 0 saturated carbocycles. The molecule has 1 aromatic rings. The maximum absolute atomic E-state index is 6.07. The first-order valence-corrected chi connectivity index (χ1v) is 7.08. The first-order chi connectivity index (χ1) is 7.99. The van der Waals surface area contributed by atoms with Crippen molar-refractivity contribution >= 4 is 21.6 Å². The molecule has 1 aromatic carbocycles. The lowest BCUT2D eigenvalue weighted by atomic mass is 10.0. The van der Waals surface area contributed by atoms with E-state index < -0.39 is 0 Å². The number of hydrogen-bond donors (Lipinski definition) is 1. The highest BCUT2D eigenvalue weighted by atomic mass is 79.9. The van der Waals surface area contributed by atoms with Gasteiger partial charge >= 0.3 is 0 Å². The molecule has 0 amide bonds. The van der Waals surface area contributed by atoms with Gasteiger partial charge in [0.2, 0.25) is 0 Å². The van der Waals surface area contributed by atoms with Gasteiger partial charge in [0.25, 0.3) is 0 Å². The zero-order chi connectivity index (χ0) is 12.6. The van der Waals surface area contributed by atoms with Gasteiger partial charge in [0, 0.05) is 29.3 Å². The summed E-state index contributed by atoms with van der Waals surface area (Å²) in [5.41, 5.74) is 8.61. The molecule has 2 N–H and O–H groups in total. The molecule has 0 bridgehead atoms. The van der Waals surface area contributed by atoms with E-state index in [1.165, 1.54) is 11.3 Å². The molecule has 3 heteroatoms. The Morgan fingerprint density at radius 1 is 1.29 bits per heavy atom. The van der Waals surface area contributed by atoms with Crippen LogP contribution in [-0.2, 0) is 0 Å².